The van der Waals surface area contributed by atoms with Crippen molar-refractivity contribution in [1.82, 2.24) is 20.2 Å². The zero-order valence-electron chi connectivity index (χ0n) is 13.1. The fourth-order valence-corrected chi connectivity index (χ4v) is 3.46. The van der Waals surface area contributed by atoms with Crippen molar-refractivity contribution in [2.75, 3.05) is 26.3 Å². The number of carbonyl (C=O) groups excluding carboxylic acids is 1. The summed E-state index contributed by atoms with van der Waals surface area (Å²) < 4.78 is 5.35. The van der Waals surface area contributed by atoms with E-state index in [9.17, 15) is 4.79 Å². The van der Waals surface area contributed by atoms with Crippen molar-refractivity contribution < 1.29 is 9.53 Å². The molecule has 0 bridgehead atoms. The smallest absolute Gasteiger partial charge is 0.263 e. The van der Waals surface area contributed by atoms with Gasteiger partial charge in [0.05, 0.1) is 37.7 Å². The van der Waals surface area contributed by atoms with Gasteiger partial charge in [0.2, 0.25) is 0 Å². The minimum atomic E-state index is -0.0844. The van der Waals surface area contributed by atoms with Gasteiger partial charge in [0, 0.05) is 19.3 Å². The molecular formula is C16H20N4O2S. The highest BCUT2D eigenvalue weighted by atomic mass is 32.1. The highest BCUT2D eigenvalue weighted by Crippen LogP contribution is 2.20. The predicted molar refractivity (Wildman–Crippen MR) is 88.4 cm³/mol. The van der Waals surface area contributed by atoms with E-state index in [2.05, 4.69) is 20.2 Å². The number of hydrogen-bond donors (Lipinski definition) is 1. The van der Waals surface area contributed by atoms with Crippen molar-refractivity contribution >= 4 is 17.2 Å². The van der Waals surface area contributed by atoms with E-state index in [1.165, 1.54) is 11.3 Å². The molecule has 2 aromatic rings. The molecule has 0 unspecified atom stereocenters. The van der Waals surface area contributed by atoms with Gasteiger partial charge in [-0.3, -0.25) is 14.7 Å². The number of rotatable bonds is 5. The number of amides is 1. The van der Waals surface area contributed by atoms with Crippen molar-refractivity contribution in [1.29, 1.82) is 0 Å². The lowest BCUT2D eigenvalue weighted by Crippen LogP contribution is -2.35. The summed E-state index contributed by atoms with van der Waals surface area (Å²) in [6, 6.07) is 5.66. The van der Waals surface area contributed by atoms with Gasteiger partial charge in [-0.25, -0.2) is 4.98 Å². The van der Waals surface area contributed by atoms with E-state index in [0.29, 0.717) is 11.4 Å². The molecule has 7 heteroatoms. The molecule has 1 N–H and O–H groups in total. The number of pyridine rings is 1. The van der Waals surface area contributed by atoms with Gasteiger partial charge in [-0.15, -0.1) is 11.3 Å². The molecule has 0 saturated carbocycles. The molecule has 3 heterocycles. The Labute approximate surface area is 139 Å². The van der Waals surface area contributed by atoms with E-state index in [1.54, 1.807) is 6.20 Å². The lowest BCUT2D eigenvalue weighted by atomic mass is 10.3. The molecule has 23 heavy (non-hydrogen) atoms. The monoisotopic (exact) mass is 332 g/mol. The maximum absolute atomic E-state index is 12.3. The van der Waals surface area contributed by atoms with Crippen LogP contribution in [0, 0.1) is 6.92 Å². The summed E-state index contributed by atoms with van der Waals surface area (Å²) in [7, 11) is 0. The molecule has 3 rings (SSSR count). The van der Waals surface area contributed by atoms with Crippen LogP contribution < -0.4 is 5.32 Å². The van der Waals surface area contributed by atoms with Crippen molar-refractivity contribution in [2.45, 2.75) is 20.0 Å². The van der Waals surface area contributed by atoms with Gasteiger partial charge < -0.3 is 10.1 Å². The topological polar surface area (TPSA) is 67.4 Å². The number of thiazole rings is 1. The number of nitrogens with one attached hydrogen (secondary N) is 1. The number of nitrogens with zero attached hydrogens (tertiary/aromatic N) is 3. The summed E-state index contributed by atoms with van der Waals surface area (Å²) in [4.78, 5) is 24.1. The Morgan fingerprint density at radius 3 is 2.96 bits per heavy atom. The first-order chi connectivity index (χ1) is 11.2. The first-order valence-electron chi connectivity index (χ1n) is 7.67. The average molecular weight is 332 g/mol. The van der Waals surface area contributed by atoms with E-state index >= 15 is 0 Å². The van der Waals surface area contributed by atoms with Crippen molar-refractivity contribution in [3.8, 4) is 0 Å². The molecule has 0 aliphatic carbocycles. The Bertz CT molecular complexity index is 653. The Kier molecular flexibility index (Phi) is 5.32. The standard InChI is InChI=1S/C16H20N4O2S/c1-12-15(16(21)18-10-13-4-2-3-5-17-13)23-14(19-12)11-20-6-8-22-9-7-20/h2-5H,6-11H2,1H3,(H,18,21). The molecule has 0 aromatic carbocycles. The van der Waals surface area contributed by atoms with Crippen LogP contribution in [0.5, 0.6) is 0 Å². The van der Waals surface area contributed by atoms with Gasteiger partial charge in [0.1, 0.15) is 9.88 Å². The van der Waals surface area contributed by atoms with Crippen LogP contribution in [0.1, 0.15) is 26.1 Å². The number of morpholine rings is 1. The maximum atomic E-state index is 12.3. The fraction of sp³-hybridized carbons (Fsp3) is 0.438. The van der Waals surface area contributed by atoms with Gasteiger partial charge in [-0.05, 0) is 19.1 Å². The summed E-state index contributed by atoms with van der Waals surface area (Å²) in [6.45, 7) is 6.45. The molecule has 1 fully saturated rings. The van der Waals surface area contributed by atoms with Crippen molar-refractivity contribution in [3.05, 3.63) is 45.7 Å². The molecule has 1 aliphatic rings. The molecule has 1 amide bonds. The van der Waals surface area contributed by atoms with Crippen molar-refractivity contribution in [2.24, 2.45) is 0 Å². The first-order valence-corrected chi connectivity index (χ1v) is 8.48. The third kappa shape index (κ3) is 4.34. The summed E-state index contributed by atoms with van der Waals surface area (Å²) in [5, 5.41) is 3.89. The summed E-state index contributed by atoms with van der Waals surface area (Å²) >= 11 is 1.47. The first kappa shape index (κ1) is 16.0. The molecule has 122 valence electrons. The Morgan fingerprint density at radius 2 is 2.22 bits per heavy atom. The van der Waals surface area contributed by atoms with Crippen LogP contribution in [0.25, 0.3) is 0 Å². The largest absolute Gasteiger partial charge is 0.379 e. The van der Waals surface area contributed by atoms with E-state index in [1.807, 2.05) is 25.1 Å². The molecule has 1 saturated heterocycles. The van der Waals surface area contributed by atoms with Gasteiger partial charge in [-0.1, -0.05) is 6.07 Å². The second kappa shape index (κ2) is 7.63. The fourth-order valence-electron chi connectivity index (χ4n) is 2.43. The molecule has 6 nitrogen and oxygen atoms in total. The molecule has 0 atom stereocenters. The van der Waals surface area contributed by atoms with Crippen LogP contribution in [0.3, 0.4) is 0 Å². The number of aromatic nitrogens is 2. The Morgan fingerprint density at radius 1 is 1.39 bits per heavy atom. The molecule has 2 aromatic heterocycles. The minimum Gasteiger partial charge on any atom is -0.379 e. The van der Waals surface area contributed by atoms with Crippen LogP contribution in [0.2, 0.25) is 0 Å². The summed E-state index contributed by atoms with van der Waals surface area (Å²) in [5.74, 6) is -0.0844. The zero-order valence-corrected chi connectivity index (χ0v) is 13.9. The number of hydrogen-bond acceptors (Lipinski definition) is 6. The summed E-state index contributed by atoms with van der Waals surface area (Å²) in [5.41, 5.74) is 1.63. The lowest BCUT2D eigenvalue weighted by molar-refractivity contribution is 0.0341. The number of ether oxygens (including phenoxy) is 1. The van der Waals surface area contributed by atoms with E-state index in [0.717, 1.165) is 49.2 Å². The normalized spacial score (nSPS) is 15.5. The summed E-state index contributed by atoms with van der Waals surface area (Å²) in [6.07, 6.45) is 1.72. The molecule has 0 radical (unpaired) electrons. The number of carbonyl (C=O) groups is 1. The zero-order chi connectivity index (χ0) is 16.1. The average Bonchev–Trinajstić information content (AvgIpc) is 2.95. The van der Waals surface area contributed by atoms with Crippen LogP contribution in [0.4, 0.5) is 0 Å². The second-order valence-electron chi connectivity index (χ2n) is 5.41. The molecule has 0 spiro atoms. The molecule has 1 aliphatic heterocycles. The highest BCUT2D eigenvalue weighted by Gasteiger charge is 2.18. The lowest BCUT2D eigenvalue weighted by Gasteiger charge is -2.25. The Hall–Kier alpha value is -1.83. The van der Waals surface area contributed by atoms with E-state index < -0.39 is 0 Å². The minimum absolute atomic E-state index is 0.0844. The van der Waals surface area contributed by atoms with Crippen LogP contribution in [0.15, 0.2) is 24.4 Å². The van der Waals surface area contributed by atoms with Crippen LogP contribution in [-0.2, 0) is 17.8 Å². The van der Waals surface area contributed by atoms with E-state index in [4.69, 9.17) is 4.74 Å². The van der Waals surface area contributed by atoms with Crippen LogP contribution >= 0.6 is 11.3 Å². The predicted octanol–water partition coefficient (Wildman–Crippen LogP) is 1.61. The van der Waals surface area contributed by atoms with Gasteiger partial charge in [0.15, 0.2) is 0 Å². The highest BCUT2D eigenvalue weighted by molar-refractivity contribution is 7.13. The third-order valence-corrected chi connectivity index (χ3v) is 4.81. The maximum Gasteiger partial charge on any atom is 0.263 e. The Balaban J connectivity index is 1.59. The van der Waals surface area contributed by atoms with E-state index in [-0.39, 0.29) is 5.91 Å². The van der Waals surface area contributed by atoms with Gasteiger partial charge in [-0.2, -0.15) is 0 Å². The van der Waals surface area contributed by atoms with Crippen molar-refractivity contribution in [3.63, 3.8) is 0 Å². The number of aryl methyl sites for hydroxylation is 1. The van der Waals surface area contributed by atoms with Crippen LogP contribution in [-0.4, -0.2) is 47.1 Å². The third-order valence-electron chi connectivity index (χ3n) is 3.67. The van der Waals surface area contributed by atoms with Gasteiger partial charge >= 0.3 is 0 Å². The van der Waals surface area contributed by atoms with Gasteiger partial charge in [0.25, 0.3) is 5.91 Å². The quantitative estimate of drug-likeness (QED) is 0.901. The molecular weight excluding hydrogens is 312 g/mol. The second-order valence-corrected chi connectivity index (χ2v) is 6.50. The SMILES string of the molecule is Cc1nc(CN2CCOCC2)sc1C(=O)NCc1ccccn1.